The van der Waals surface area contributed by atoms with E-state index in [4.69, 9.17) is 0 Å². The number of carbonyl (C=O) groups excluding carboxylic acids is 1. The Morgan fingerprint density at radius 1 is 1.45 bits per heavy atom. The summed E-state index contributed by atoms with van der Waals surface area (Å²) in [4.78, 5) is 33.5. The highest BCUT2D eigenvalue weighted by atomic mass is 32.2. The number of benzene rings is 1. The van der Waals surface area contributed by atoms with Gasteiger partial charge in [0.25, 0.3) is 5.56 Å². The van der Waals surface area contributed by atoms with Gasteiger partial charge in [0.2, 0.25) is 5.91 Å². The molecule has 0 spiro atoms. The summed E-state index contributed by atoms with van der Waals surface area (Å²) in [5.41, 5.74) is 0.484. The minimum atomic E-state index is -0.168. The Kier molecular flexibility index (Phi) is 4.44. The van der Waals surface area contributed by atoms with Crippen LogP contribution in [0.5, 0.6) is 0 Å². The van der Waals surface area contributed by atoms with E-state index >= 15 is 0 Å². The molecule has 1 aliphatic heterocycles. The second-order valence-corrected chi connectivity index (χ2v) is 6.18. The van der Waals surface area contributed by atoms with Crippen LogP contribution in [-0.2, 0) is 11.3 Å². The first kappa shape index (κ1) is 15.1. The van der Waals surface area contributed by atoms with E-state index in [-0.39, 0.29) is 17.5 Å². The zero-order valence-corrected chi connectivity index (χ0v) is 13.2. The lowest BCUT2D eigenvalue weighted by atomic mass is 10.2. The number of nitrogens with zero attached hydrogens (tertiary/aromatic N) is 2. The summed E-state index contributed by atoms with van der Waals surface area (Å²) in [5.74, 6) is 2.17. The van der Waals surface area contributed by atoms with E-state index in [9.17, 15) is 9.59 Å². The van der Waals surface area contributed by atoms with Gasteiger partial charge in [0, 0.05) is 18.2 Å². The molecule has 0 radical (unpaired) electrons. The summed E-state index contributed by atoms with van der Waals surface area (Å²) < 4.78 is 0. The molecule has 1 aromatic carbocycles. The predicted octanol–water partition coefficient (Wildman–Crippen LogP) is 0.934. The third-order valence-electron chi connectivity index (χ3n) is 3.71. The molecule has 22 heavy (non-hydrogen) atoms. The maximum Gasteiger partial charge on any atom is 0.258 e. The molecule has 0 bridgehead atoms. The summed E-state index contributed by atoms with van der Waals surface area (Å²) >= 11 is 1.72. The van der Waals surface area contributed by atoms with E-state index < -0.39 is 0 Å². The lowest BCUT2D eigenvalue weighted by Gasteiger charge is -2.23. The number of thioether (sulfide) groups is 1. The van der Waals surface area contributed by atoms with E-state index in [1.807, 2.05) is 19.1 Å². The van der Waals surface area contributed by atoms with E-state index in [0.29, 0.717) is 29.8 Å². The van der Waals surface area contributed by atoms with Crippen molar-refractivity contribution in [3.63, 3.8) is 0 Å². The van der Waals surface area contributed by atoms with Crippen LogP contribution >= 0.6 is 11.8 Å². The maximum absolute atomic E-state index is 12.5. The van der Waals surface area contributed by atoms with Gasteiger partial charge >= 0.3 is 0 Å². The molecule has 1 amide bonds. The molecule has 6 nitrogen and oxygen atoms in total. The molecule has 1 atom stereocenters. The molecular formula is C15H18N4O2S. The van der Waals surface area contributed by atoms with Crippen LogP contribution in [-0.4, -0.2) is 45.0 Å². The van der Waals surface area contributed by atoms with Crippen LogP contribution in [0.1, 0.15) is 12.7 Å². The summed E-state index contributed by atoms with van der Waals surface area (Å²) in [6, 6.07) is 7.07. The van der Waals surface area contributed by atoms with E-state index in [1.54, 1.807) is 28.8 Å². The smallest absolute Gasteiger partial charge is 0.258 e. The quantitative estimate of drug-likeness (QED) is 0.877. The second-order valence-electron chi connectivity index (χ2n) is 5.15. The Balaban J connectivity index is 1.84. The van der Waals surface area contributed by atoms with Gasteiger partial charge in [0.15, 0.2) is 0 Å². The molecule has 3 rings (SSSR count). The Labute approximate surface area is 132 Å². The number of hydrogen-bond acceptors (Lipinski definition) is 5. The molecule has 1 fully saturated rings. The lowest BCUT2D eigenvalue weighted by Crippen LogP contribution is -2.44. The Morgan fingerprint density at radius 3 is 3.00 bits per heavy atom. The average molecular weight is 318 g/mol. The zero-order chi connectivity index (χ0) is 15.5. The molecular weight excluding hydrogens is 300 g/mol. The van der Waals surface area contributed by atoms with E-state index in [0.717, 1.165) is 11.6 Å². The summed E-state index contributed by atoms with van der Waals surface area (Å²) in [6.07, 6.45) is 0. The first-order valence-corrected chi connectivity index (χ1v) is 8.42. The third kappa shape index (κ3) is 3.00. The second kappa shape index (κ2) is 6.50. The third-order valence-corrected chi connectivity index (χ3v) is 4.65. The first-order chi connectivity index (χ1) is 10.7. The van der Waals surface area contributed by atoms with Crippen LogP contribution in [0.2, 0.25) is 0 Å². The van der Waals surface area contributed by atoms with E-state index in [1.165, 1.54) is 0 Å². The van der Waals surface area contributed by atoms with Gasteiger partial charge in [0.1, 0.15) is 5.82 Å². The van der Waals surface area contributed by atoms with Crippen molar-refractivity contribution in [1.82, 2.24) is 20.2 Å². The topological polar surface area (TPSA) is 78.1 Å². The molecule has 7 heteroatoms. The van der Waals surface area contributed by atoms with Crippen LogP contribution in [0.4, 0.5) is 0 Å². The fraction of sp³-hybridized carbons (Fsp3) is 0.400. The largest absolute Gasteiger partial charge is 0.334 e. The molecule has 1 aromatic heterocycles. The van der Waals surface area contributed by atoms with Gasteiger partial charge < -0.3 is 9.88 Å². The molecule has 0 unspecified atom stereocenters. The monoisotopic (exact) mass is 318 g/mol. The van der Waals surface area contributed by atoms with Gasteiger partial charge in [-0.3, -0.25) is 14.9 Å². The number of aromatic nitrogens is 2. The normalized spacial score (nSPS) is 17.8. The van der Waals surface area contributed by atoms with Gasteiger partial charge in [-0.1, -0.05) is 12.1 Å². The number of hydrogen-bond donors (Lipinski definition) is 2. The van der Waals surface area contributed by atoms with Crippen molar-refractivity contribution >= 4 is 28.6 Å². The minimum absolute atomic E-state index is 0.0586. The lowest BCUT2D eigenvalue weighted by molar-refractivity contribution is -0.133. The first-order valence-electron chi connectivity index (χ1n) is 7.27. The molecule has 2 heterocycles. The SMILES string of the molecule is CCN(Cc1nc2ccccc2c(=O)[nH]1)C(=O)[C@H]1CSCN1. The summed E-state index contributed by atoms with van der Waals surface area (Å²) in [5, 5.41) is 3.74. The fourth-order valence-corrected chi connectivity index (χ4v) is 3.44. The number of nitrogens with one attached hydrogen (secondary N) is 2. The number of rotatable bonds is 4. The molecule has 1 aliphatic rings. The number of amides is 1. The van der Waals surface area contributed by atoms with Crippen LogP contribution in [0.25, 0.3) is 10.9 Å². The van der Waals surface area contributed by atoms with Crippen LogP contribution in [0, 0.1) is 0 Å². The molecule has 0 aliphatic carbocycles. The Bertz CT molecular complexity index is 740. The standard InChI is InChI=1S/C15H18N4O2S/c1-2-19(15(21)12-8-22-9-16-12)7-13-17-11-6-4-3-5-10(11)14(20)18-13/h3-6,12,16H,2,7-9H2,1H3,(H,17,18,20)/t12-/m1/s1. The van der Waals surface area contributed by atoms with Gasteiger partial charge in [-0.2, -0.15) is 0 Å². The van der Waals surface area contributed by atoms with Gasteiger partial charge in [-0.15, -0.1) is 11.8 Å². The number of H-pyrrole nitrogens is 1. The zero-order valence-electron chi connectivity index (χ0n) is 12.3. The van der Waals surface area contributed by atoms with Crippen LogP contribution in [0.15, 0.2) is 29.1 Å². The van der Waals surface area contributed by atoms with Crippen molar-refractivity contribution in [2.75, 3.05) is 18.2 Å². The van der Waals surface area contributed by atoms with E-state index in [2.05, 4.69) is 15.3 Å². The number of aromatic amines is 1. The van der Waals surface area contributed by atoms with Crippen molar-refractivity contribution in [1.29, 1.82) is 0 Å². The van der Waals surface area contributed by atoms with Crippen molar-refractivity contribution in [2.24, 2.45) is 0 Å². The van der Waals surface area contributed by atoms with Crippen molar-refractivity contribution < 1.29 is 4.79 Å². The average Bonchev–Trinajstić information content (AvgIpc) is 3.06. The summed E-state index contributed by atoms with van der Waals surface area (Å²) in [6.45, 7) is 2.83. The molecule has 116 valence electrons. The number of likely N-dealkylation sites (N-methyl/N-ethyl adjacent to an activating group) is 1. The van der Waals surface area contributed by atoms with Crippen LogP contribution in [0.3, 0.4) is 0 Å². The van der Waals surface area contributed by atoms with Gasteiger partial charge in [0.05, 0.1) is 23.5 Å². The van der Waals surface area contributed by atoms with Crippen molar-refractivity contribution in [2.45, 2.75) is 19.5 Å². The molecule has 2 N–H and O–H groups in total. The highest BCUT2D eigenvalue weighted by Gasteiger charge is 2.27. The Morgan fingerprint density at radius 2 is 2.27 bits per heavy atom. The highest BCUT2D eigenvalue weighted by molar-refractivity contribution is 7.99. The highest BCUT2D eigenvalue weighted by Crippen LogP contribution is 2.13. The number of carbonyl (C=O) groups is 1. The fourth-order valence-electron chi connectivity index (χ4n) is 2.51. The minimum Gasteiger partial charge on any atom is -0.334 e. The van der Waals surface area contributed by atoms with Gasteiger partial charge in [-0.05, 0) is 19.1 Å². The predicted molar refractivity (Wildman–Crippen MR) is 87.7 cm³/mol. The Hall–Kier alpha value is -1.86. The summed E-state index contributed by atoms with van der Waals surface area (Å²) in [7, 11) is 0. The van der Waals surface area contributed by atoms with Crippen LogP contribution < -0.4 is 10.9 Å². The molecule has 0 saturated carbocycles. The van der Waals surface area contributed by atoms with Gasteiger partial charge in [-0.25, -0.2) is 4.98 Å². The number of para-hydroxylation sites is 1. The van der Waals surface area contributed by atoms with Crippen molar-refractivity contribution in [3.8, 4) is 0 Å². The molecule has 1 saturated heterocycles. The molecule has 2 aromatic rings. The maximum atomic E-state index is 12.5. The van der Waals surface area contributed by atoms with Crippen molar-refractivity contribution in [3.05, 3.63) is 40.4 Å². The number of fused-ring (bicyclic) bond motifs is 1.